The Hall–Kier alpha value is -0.920. The van der Waals surface area contributed by atoms with Crippen LogP contribution in [-0.2, 0) is 19.6 Å². The van der Waals surface area contributed by atoms with Crippen LogP contribution >= 0.6 is 0 Å². The third-order valence-electron chi connectivity index (χ3n) is 2.60. The number of nitrogens with one attached hydrogen (secondary N) is 1. The SMILES string of the molecule is C=CCS(=O)(=O)NC1COCC1(C)C(=O)O. The van der Waals surface area contributed by atoms with Gasteiger partial charge in [0.1, 0.15) is 5.41 Å². The highest BCUT2D eigenvalue weighted by Gasteiger charge is 2.47. The molecule has 6 nitrogen and oxygen atoms in total. The van der Waals surface area contributed by atoms with Gasteiger partial charge in [-0.3, -0.25) is 4.79 Å². The average molecular weight is 249 g/mol. The first-order chi connectivity index (χ1) is 7.32. The highest BCUT2D eigenvalue weighted by molar-refractivity contribution is 7.89. The van der Waals surface area contributed by atoms with Crippen LogP contribution in [0.2, 0.25) is 0 Å². The minimum atomic E-state index is -3.53. The minimum Gasteiger partial charge on any atom is -0.481 e. The van der Waals surface area contributed by atoms with Gasteiger partial charge in [-0.25, -0.2) is 13.1 Å². The number of hydrogen-bond donors (Lipinski definition) is 2. The lowest BCUT2D eigenvalue weighted by Gasteiger charge is -2.24. The summed E-state index contributed by atoms with van der Waals surface area (Å²) in [4.78, 5) is 11.0. The van der Waals surface area contributed by atoms with E-state index < -0.39 is 27.4 Å². The van der Waals surface area contributed by atoms with Crippen molar-refractivity contribution in [1.29, 1.82) is 0 Å². The molecule has 2 N–H and O–H groups in total. The molecule has 0 aromatic carbocycles. The number of aliphatic carboxylic acids is 1. The van der Waals surface area contributed by atoms with E-state index in [1.54, 1.807) is 0 Å². The molecule has 0 spiro atoms. The first kappa shape index (κ1) is 13.1. The summed E-state index contributed by atoms with van der Waals surface area (Å²) in [6.07, 6.45) is 1.25. The van der Waals surface area contributed by atoms with E-state index in [4.69, 9.17) is 9.84 Å². The molecule has 1 aliphatic rings. The molecule has 2 unspecified atom stereocenters. The molecule has 0 aliphatic carbocycles. The van der Waals surface area contributed by atoms with Gasteiger partial charge in [-0.1, -0.05) is 6.08 Å². The summed E-state index contributed by atoms with van der Waals surface area (Å²) in [7, 11) is -3.53. The maximum atomic E-state index is 11.5. The second-order valence-electron chi connectivity index (χ2n) is 3.98. The normalized spacial score (nSPS) is 30.2. The number of carboxylic acids is 1. The molecule has 16 heavy (non-hydrogen) atoms. The van der Waals surface area contributed by atoms with E-state index >= 15 is 0 Å². The van der Waals surface area contributed by atoms with Crippen molar-refractivity contribution < 1.29 is 23.1 Å². The first-order valence-corrected chi connectivity index (χ1v) is 6.39. The topological polar surface area (TPSA) is 92.7 Å². The van der Waals surface area contributed by atoms with E-state index in [-0.39, 0.29) is 19.0 Å². The van der Waals surface area contributed by atoms with Crippen LogP contribution in [0.1, 0.15) is 6.92 Å². The molecule has 1 saturated heterocycles. The second kappa shape index (κ2) is 4.52. The molecular formula is C9H15NO5S. The predicted molar refractivity (Wildman–Crippen MR) is 57.5 cm³/mol. The van der Waals surface area contributed by atoms with Crippen LogP contribution in [-0.4, -0.2) is 44.5 Å². The summed E-state index contributed by atoms with van der Waals surface area (Å²) in [5.41, 5.74) is -1.21. The summed E-state index contributed by atoms with van der Waals surface area (Å²) in [5, 5.41) is 9.03. The van der Waals surface area contributed by atoms with Gasteiger partial charge in [-0.05, 0) is 6.92 Å². The van der Waals surface area contributed by atoms with Crippen LogP contribution in [0.25, 0.3) is 0 Å². The van der Waals surface area contributed by atoms with Crippen molar-refractivity contribution in [3.63, 3.8) is 0 Å². The molecule has 0 saturated carbocycles. The number of carboxylic acid groups (broad SMARTS) is 1. The van der Waals surface area contributed by atoms with Crippen LogP contribution in [0.3, 0.4) is 0 Å². The van der Waals surface area contributed by atoms with Gasteiger partial charge < -0.3 is 9.84 Å². The molecule has 1 rings (SSSR count). The van der Waals surface area contributed by atoms with Gasteiger partial charge in [0.05, 0.1) is 25.0 Å². The Labute approximate surface area is 94.3 Å². The van der Waals surface area contributed by atoms with E-state index in [1.807, 2.05) is 0 Å². The fraction of sp³-hybridized carbons (Fsp3) is 0.667. The van der Waals surface area contributed by atoms with Crippen molar-refractivity contribution >= 4 is 16.0 Å². The van der Waals surface area contributed by atoms with Crippen LogP contribution in [0.15, 0.2) is 12.7 Å². The van der Waals surface area contributed by atoms with E-state index in [0.29, 0.717) is 0 Å². The molecule has 0 bridgehead atoms. The van der Waals surface area contributed by atoms with Gasteiger partial charge in [0, 0.05) is 0 Å². The third kappa shape index (κ3) is 2.60. The average Bonchev–Trinajstić information content (AvgIpc) is 2.48. The van der Waals surface area contributed by atoms with Gasteiger partial charge >= 0.3 is 5.97 Å². The Bertz CT molecular complexity index is 391. The predicted octanol–water partition coefficient (Wildman–Crippen LogP) is -0.418. The van der Waals surface area contributed by atoms with Crippen LogP contribution in [0.4, 0.5) is 0 Å². The molecule has 1 aliphatic heterocycles. The fourth-order valence-corrected chi connectivity index (χ4v) is 2.64. The fourth-order valence-electron chi connectivity index (χ4n) is 1.47. The molecule has 0 aromatic heterocycles. The minimum absolute atomic E-state index is 0.00358. The Morgan fingerprint density at radius 1 is 1.75 bits per heavy atom. The Kier molecular flexibility index (Phi) is 3.72. The molecule has 0 radical (unpaired) electrons. The van der Waals surface area contributed by atoms with Crippen molar-refractivity contribution in [2.24, 2.45) is 5.41 Å². The standard InChI is InChI=1S/C9H15NO5S/c1-3-4-16(13,14)10-7-5-15-6-9(7,2)8(11)12/h3,7,10H,1,4-6H2,2H3,(H,11,12). The summed E-state index contributed by atoms with van der Waals surface area (Å²) in [5.74, 6) is -1.31. The molecule has 1 fully saturated rings. The summed E-state index contributed by atoms with van der Waals surface area (Å²) in [6.45, 7) is 4.86. The van der Waals surface area contributed by atoms with E-state index in [1.165, 1.54) is 13.0 Å². The van der Waals surface area contributed by atoms with Crippen molar-refractivity contribution in [3.05, 3.63) is 12.7 Å². The van der Waals surface area contributed by atoms with E-state index in [9.17, 15) is 13.2 Å². The van der Waals surface area contributed by atoms with Crippen molar-refractivity contribution in [2.45, 2.75) is 13.0 Å². The first-order valence-electron chi connectivity index (χ1n) is 4.74. The molecule has 1 heterocycles. The zero-order chi connectivity index (χ0) is 12.4. The Morgan fingerprint density at radius 2 is 2.38 bits per heavy atom. The van der Waals surface area contributed by atoms with Crippen molar-refractivity contribution in [1.82, 2.24) is 4.72 Å². The lowest BCUT2D eigenvalue weighted by molar-refractivity contribution is -0.148. The largest absolute Gasteiger partial charge is 0.481 e. The van der Waals surface area contributed by atoms with E-state index in [2.05, 4.69) is 11.3 Å². The number of carbonyl (C=O) groups is 1. The molecular weight excluding hydrogens is 234 g/mol. The number of rotatable bonds is 5. The zero-order valence-corrected chi connectivity index (χ0v) is 9.79. The molecule has 2 atom stereocenters. The smallest absolute Gasteiger partial charge is 0.313 e. The van der Waals surface area contributed by atoms with Crippen molar-refractivity contribution in [2.75, 3.05) is 19.0 Å². The van der Waals surface area contributed by atoms with E-state index in [0.717, 1.165) is 0 Å². The summed E-state index contributed by atoms with van der Waals surface area (Å²) >= 11 is 0. The maximum Gasteiger partial charge on any atom is 0.313 e. The molecule has 92 valence electrons. The van der Waals surface area contributed by atoms with Crippen LogP contribution < -0.4 is 4.72 Å². The Balaban J connectivity index is 2.82. The zero-order valence-electron chi connectivity index (χ0n) is 8.97. The molecule has 0 amide bonds. The lowest BCUT2D eigenvalue weighted by atomic mass is 9.86. The summed E-state index contributed by atoms with van der Waals surface area (Å²) in [6, 6.07) is -0.741. The molecule has 0 aromatic rings. The van der Waals surface area contributed by atoms with Gasteiger partial charge in [-0.15, -0.1) is 6.58 Å². The van der Waals surface area contributed by atoms with Gasteiger partial charge in [0.25, 0.3) is 0 Å². The number of ether oxygens (including phenoxy) is 1. The number of sulfonamides is 1. The van der Waals surface area contributed by atoms with Gasteiger partial charge in [0.2, 0.25) is 10.0 Å². The highest BCUT2D eigenvalue weighted by Crippen LogP contribution is 2.29. The number of hydrogen-bond acceptors (Lipinski definition) is 4. The second-order valence-corrected chi connectivity index (χ2v) is 5.78. The van der Waals surface area contributed by atoms with Crippen LogP contribution in [0.5, 0.6) is 0 Å². The lowest BCUT2D eigenvalue weighted by Crippen LogP contribution is -2.50. The van der Waals surface area contributed by atoms with Crippen LogP contribution in [0, 0.1) is 5.41 Å². The maximum absolute atomic E-state index is 11.5. The van der Waals surface area contributed by atoms with Gasteiger partial charge in [0.15, 0.2) is 0 Å². The Morgan fingerprint density at radius 3 is 2.88 bits per heavy atom. The van der Waals surface area contributed by atoms with Gasteiger partial charge in [-0.2, -0.15) is 0 Å². The summed E-state index contributed by atoms with van der Waals surface area (Å²) < 4.78 is 30.3. The third-order valence-corrected chi connectivity index (χ3v) is 3.92. The monoisotopic (exact) mass is 249 g/mol. The quantitative estimate of drug-likeness (QED) is 0.646. The van der Waals surface area contributed by atoms with Crippen molar-refractivity contribution in [3.8, 4) is 0 Å². The highest BCUT2D eigenvalue weighted by atomic mass is 32.2. The molecule has 7 heteroatoms.